The standard InChI is InChI=1S/C21H25N5O6.Na/c1-14-8-10-23-18(11-14)22-9-2-3-19(27)24-13-20(28)25-17(12-21(29)30)15-4-6-16(7-5-15)26(31)32;/h4-8,10-11,17H,2-3,9,12-13H2,1H3,(H,22,23)(H,24,27)(H,25,28)(H,29,30);/q;+1/p-1. The van der Waals surface area contributed by atoms with Crippen LogP contribution in [0.2, 0.25) is 0 Å². The van der Waals surface area contributed by atoms with Gasteiger partial charge < -0.3 is 25.9 Å². The fourth-order valence-corrected chi connectivity index (χ4v) is 2.86. The van der Waals surface area contributed by atoms with Gasteiger partial charge in [0.05, 0.1) is 17.5 Å². The number of carboxylic acids is 1. The van der Waals surface area contributed by atoms with Crippen LogP contribution in [0.5, 0.6) is 0 Å². The van der Waals surface area contributed by atoms with Crippen LogP contribution in [0.3, 0.4) is 0 Å². The minimum absolute atomic E-state index is 0. The predicted octanol–water partition coefficient (Wildman–Crippen LogP) is -2.39. The van der Waals surface area contributed by atoms with E-state index in [1.807, 2.05) is 19.1 Å². The number of benzene rings is 1. The summed E-state index contributed by atoms with van der Waals surface area (Å²) in [4.78, 5) is 49.5. The Morgan fingerprint density at radius 1 is 1.12 bits per heavy atom. The number of non-ortho nitro benzene ring substituents is 1. The van der Waals surface area contributed by atoms with E-state index in [-0.39, 0.29) is 54.1 Å². The van der Waals surface area contributed by atoms with E-state index < -0.39 is 29.3 Å². The van der Waals surface area contributed by atoms with Crippen molar-refractivity contribution >= 4 is 29.3 Å². The minimum Gasteiger partial charge on any atom is -0.550 e. The maximum Gasteiger partial charge on any atom is 1.00 e. The van der Waals surface area contributed by atoms with Crippen LogP contribution < -0.4 is 50.6 Å². The summed E-state index contributed by atoms with van der Waals surface area (Å²) < 4.78 is 0. The molecule has 0 saturated heterocycles. The largest absolute Gasteiger partial charge is 1.00 e. The van der Waals surface area contributed by atoms with Crippen molar-refractivity contribution in [1.82, 2.24) is 15.6 Å². The molecule has 2 rings (SSSR count). The summed E-state index contributed by atoms with van der Waals surface area (Å²) in [5, 5.41) is 29.9. The van der Waals surface area contributed by atoms with Gasteiger partial charge in [-0.3, -0.25) is 19.7 Å². The number of hydrogen-bond donors (Lipinski definition) is 3. The predicted molar refractivity (Wildman–Crippen MR) is 113 cm³/mol. The van der Waals surface area contributed by atoms with Gasteiger partial charge >= 0.3 is 29.6 Å². The quantitative estimate of drug-likeness (QED) is 0.135. The number of aliphatic carboxylic acids is 1. The van der Waals surface area contributed by atoms with Gasteiger partial charge in [-0.15, -0.1) is 0 Å². The summed E-state index contributed by atoms with van der Waals surface area (Å²) in [6.45, 7) is 2.15. The number of carbonyl (C=O) groups excluding carboxylic acids is 3. The average Bonchev–Trinajstić information content (AvgIpc) is 2.74. The van der Waals surface area contributed by atoms with Gasteiger partial charge in [-0.05, 0) is 36.6 Å². The molecule has 2 amide bonds. The number of pyridine rings is 1. The van der Waals surface area contributed by atoms with Crippen LogP contribution >= 0.6 is 0 Å². The molecule has 0 fully saturated rings. The zero-order chi connectivity index (χ0) is 23.5. The van der Waals surface area contributed by atoms with Gasteiger partial charge in [0.25, 0.3) is 5.69 Å². The van der Waals surface area contributed by atoms with Gasteiger partial charge in [-0.1, -0.05) is 12.1 Å². The van der Waals surface area contributed by atoms with Crippen LogP contribution in [-0.4, -0.2) is 40.8 Å². The molecule has 1 aromatic heterocycles. The van der Waals surface area contributed by atoms with Crippen LogP contribution in [0.4, 0.5) is 11.5 Å². The first-order chi connectivity index (χ1) is 15.2. The molecule has 0 aliphatic rings. The van der Waals surface area contributed by atoms with Crippen LogP contribution in [0, 0.1) is 17.0 Å². The van der Waals surface area contributed by atoms with Gasteiger partial charge in [0.2, 0.25) is 11.8 Å². The molecule has 170 valence electrons. The topological polar surface area (TPSA) is 166 Å². The molecule has 2 aromatic rings. The summed E-state index contributed by atoms with van der Waals surface area (Å²) in [6.07, 6.45) is 1.89. The number of rotatable bonds is 12. The Morgan fingerprint density at radius 2 is 1.82 bits per heavy atom. The number of carboxylic acid groups (broad SMARTS) is 1. The number of amides is 2. The third kappa shape index (κ3) is 10.4. The summed E-state index contributed by atoms with van der Waals surface area (Å²) in [7, 11) is 0. The Bertz CT molecular complexity index is 970. The van der Waals surface area contributed by atoms with E-state index in [2.05, 4.69) is 20.9 Å². The van der Waals surface area contributed by atoms with Gasteiger partial charge in [0.1, 0.15) is 5.82 Å². The monoisotopic (exact) mass is 465 g/mol. The first-order valence-electron chi connectivity index (χ1n) is 9.91. The normalized spacial score (nSPS) is 10.9. The van der Waals surface area contributed by atoms with E-state index >= 15 is 0 Å². The van der Waals surface area contributed by atoms with Crippen LogP contribution in [0.15, 0.2) is 42.6 Å². The molecule has 1 atom stereocenters. The number of aryl methyl sites for hydroxylation is 1. The Kier molecular flexibility index (Phi) is 12.0. The smallest absolute Gasteiger partial charge is 0.550 e. The third-order valence-corrected chi connectivity index (χ3v) is 4.46. The van der Waals surface area contributed by atoms with Crippen molar-refractivity contribution in [3.8, 4) is 0 Å². The average molecular weight is 465 g/mol. The first-order valence-corrected chi connectivity index (χ1v) is 9.91. The molecular weight excluding hydrogens is 441 g/mol. The van der Waals surface area contributed by atoms with E-state index in [1.54, 1.807) is 6.20 Å². The molecule has 1 unspecified atom stereocenters. The number of carbonyl (C=O) groups is 3. The molecule has 1 aromatic carbocycles. The van der Waals surface area contributed by atoms with Gasteiger partial charge in [-0.25, -0.2) is 4.98 Å². The molecule has 1 heterocycles. The Hall–Kier alpha value is -3.02. The maximum atomic E-state index is 12.2. The van der Waals surface area contributed by atoms with E-state index in [0.29, 0.717) is 18.5 Å². The van der Waals surface area contributed by atoms with Crippen molar-refractivity contribution in [2.75, 3.05) is 18.4 Å². The van der Waals surface area contributed by atoms with Crippen LogP contribution in [0.25, 0.3) is 0 Å². The molecule has 0 radical (unpaired) electrons. The second kappa shape index (κ2) is 14.2. The van der Waals surface area contributed by atoms with Gasteiger partial charge in [-0.2, -0.15) is 0 Å². The zero-order valence-electron chi connectivity index (χ0n) is 18.5. The number of nitro groups is 1. The van der Waals surface area contributed by atoms with Crippen LogP contribution in [-0.2, 0) is 14.4 Å². The number of anilines is 1. The van der Waals surface area contributed by atoms with Crippen molar-refractivity contribution in [3.63, 3.8) is 0 Å². The number of nitro benzene ring substituents is 1. The van der Waals surface area contributed by atoms with E-state index in [0.717, 1.165) is 11.4 Å². The van der Waals surface area contributed by atoms with Crippen molar-refractivity contribution in [2.45, 2.75) is 32.2 Å². The molecule has 11 nitrogen and oxygen atoms in total. The molecular formula is C21H24N5NaO6. The van der Waals surface area contributed by atoms with Crippen molar-refractivity contribution < 1.29 is 54.0 Å². The summed E-state index contributed by atoms with van der Waals surface area (Å²) in [5.41, 5.74) is 1.28. The van der Waals surface area contributed by atoms with Gasteiger partial charge in [0, 0.05) is 43.7 Å². The molecule has 0 spiro atoms. The SMILES string of the molecule is Cc1ccnc(NCCCC(=O)NCC(=O)NC(CC(=O)[O-])c2ccc([N+](=O)[O-])cc2)c1.[Na+]. The molecule has 12 heteroatoms. The zero-order valence-corrected chi connectivity index (χ0v) is 20.5. The molecule has 0 aliphatic carbocycles. The Morgan fingerprint density at radius 3 is 2.42 bits per heavy atom. The fourth-order valence-electron chi connectivity index (χ4n) is 2.86. The molecule has 0 aliphatic heterocycles. The second-order valence-corrected chi connectivity index (χ2v) is 7.07. The number of hydrogen-bond acceptors (Lipinski definition) is 8. The molecule has 3 N–H and O–H groups in total. The fraction of sp³-hybridized carbons (Fsp3) is 0.333. The maximum absolute atomic E-state index is 12.2. The molecule has 33 heavy (non-hydrogen) atoms. The number of aromatic nitrogens is 1. The summed E-state index contributed by atoms with van der Waals surface area (Å²) in [5.74, 6) is -1.60. The Labute approximate surface area is 212 Å². The van der Waals surface area contributed by atoms with E-state index in [1.165, 1.54) is 24.3 Å². The molecule has 0 bridgehead atoms. The first kappa shape index (κ1) is 28.0. The van der Waals surface area contributed by atoms with Crippen molar-refractivity contribution in [1.29, 1.82) is 0 Å². The third-order valence-electron chi connectivity index (χ3n) is 4.46. The van der Waals surface area contributed by atoms with Crippen LogP contribution in [0.1, 0.15) is 36.4 Å². The van der Waals surface area contributed by atoms with Crippen molar-refractivity contribution in [2.24, 2.45) is 0 Å². The second-order valence-electron chi connectivity index (χ2n) is 7.07. The number of nitrogens with one attached hydrogen (secondary N) is 3. The Balaban J connectivity index is 0.00000544. The van der Waals surface area contributed by atoms with E-state index in [9.17, 15) is 29.6 Å². The minimum atomic E-state index is -1.40. The number of nitrogens with zero attached hydrogens (tertiary/aromatic N) is 2. The summed E-state index contributed by atoms with van der Waals surface area (Å²) >= 11 is 0. The van der Waals surface area contributed by atoms with E-state index in [4.69, 9.17) is 0 Å². The molecule has 0 saturated carbocycles. The van der Waals surface area contributed by atoms with Crippen molar-refractivity contribution in [3.05, 3.63) is 63.8 Å². The summed E-state index contributed by atoms with van der Waals surface area (Å²) in [6, 6.07) is 7.97. The van der Waals surface area contributed by atoms with Gasteiger partial charge in [0.15, 0.2) is 0 Å².